The van der Waals surface area contributed by atoms with Crippen molar-refractivity contribution < 1.29 is 24.2 Å². The van der Waals surface area contributed by atoms with Crippen molar-refractivity contribution in [3.05, 3.63) is 70.7 Å². The SMILES string of the molecule is COC(=O)CC(O)(c1ccccc1)C1C(=O)OCC1c1ccc(Cl)cc1. The van der Waals surface area contributed by atoms with Crippen LogP contribution in [-0.4, -0.2) is 30.8 Å². The molecule has 1 aliphatic heterocycles. The average molecular weight is 375 g/mol. The van der Waals surface area contributed by atoms with Gasteiger partial charge in [-0.3, -0.25) is 9.59 Å². The van der Waals surface area contributed by atoms with E-state index in [-0.39, 0.29) is 13.0 Å². The van der Waals surface area contributed by atoms with Gasteiger partial charge in [-0.2, -0.15) is 0 Å². The third kappa shape index (κ3) is 3.45. The predicted molar refractivity (Wildman–Crippen MR) is 95.6 cm³/mol. The van der Waals surface area contributed by atoms with Gasteiger partial charge in [-0.1, -0.05) is 54.1 Å². The Hall–Kier alpha value is -2.37. The van der Waals surface area contributed by atoms with Gasteiger partial charge in [-0.15, -0.1) is 0 Å². The van der Waals surface area contributed by atoms with E-state index in [4.69, 9.17) is 21.1 Å². The van der Waals surface area contributed by atoms with E-state index in [2.05, 4.69) is 0 Å². The van der Waals surface area contributed by atoms with Crippen LogP contribution < -0.4 is 0 Å². The van der Waals surface area contributed by atoms with Gasteiger partial charge in [0.15, 0.2) is 0 Å². The number of benzene rings is 2. The fraction of sp³-hybridized carbons (Fsp3) is 0.300. The maximum absolute atomic E-state index is 12.6. The second-order valence-corrected chi connectivity index (χ2v) is 6.75. The molecule has 3 rings (SSSR count). The van der Waals surface area contributed by atoms with Crippen molar-refractivity contribution in [2.75, 3.05) is 13.7 Å². The number of carbonyl (C=O) groups is 2. The van der Waals surface area contributed by atoms with E-state index in [0.29, 0.717) is 10.6 Å². The lowest BCUT2D eigenvalue weighted by molar-refractivity contribution is -0.157. The Morgan fingerprint density at radius 3 is 2.50 bits per heavy atom. The fourth-order valence-corrected chi connectivity index (χ4v) is 3.59. The number of esters is 2. The van der Waals surface area contributed by atoms with Crippen LogP contribution >= 0.6 is 11.6 Å². The zero-order chi connectivity index (χ0) is 18.7. The van der Waals surface area contributed by atoms with Gasteiger partial charge in [-0.05, 0) is 23.3 Å². The lowest BCUT2D eigenvalue weighted by atomic mass is 9.71. The highest BCUT2D eigenvalue weighted by Crippen LogP contribution is 2.46. The highest BCUT2D eigenvalue weighted by atomic mass is 35.5. The summed E-state index contributed by atoms with van der Waals surface area (Å²) >= 11 is 5.95. The largest absolute Gasteiger partial charge is 0.469 e. The van der Waals surface area contributed by atoms with Gasteiger partial charge < -0.3 is 14.6 Å². The number of cyclic esters (lactones) is 1. The number of rotatable bonds is 5. The van der Waals surface area contributed by atoms with Crippen molar-refractivity contribution in [3.63, 3.8) is 0 Å². The Morgan fingerprint density at radius 1 is 1.23 bits per heavy atom. The van der Waals surface area contributed by atoms with Gasteiger partial charge in [0, 0.05) is 10.9 Å². The zero-order valence-corrected chi connectivity index (χ0v) is 15.0. The van der Waals surface area contributed by atoms with E-state index in [1.807, 2.05) is 0 Å². The van der Waals surface area contributed by atoms with Crippen molar-refractivity contribution in [2.24, 2.45) is 5.92 Å². The van der Waals surface area contributed by atoms with Gasteiger partial charge in [0.1, 0.15) is 11.5 Å². The van der Waals surface area contributed by atoms with Crippen molar-refractivity contribution in [1.82, 2.24) is 0 Å². The van der Waals surface area contributed by atoms with Crippen LogP contribution in [0.2, 0.25) is 5.02 Å². The molecular formula is C20H19ClO5. The van der Waals surface area contributed by atoms with Crippen molar-refractivity contribution >= 4 is 23.5 Å². The van der Waals surface area contributed by atoms with Crippen LogP contribution in [0, 0.1) is 5.92 Å². The first kappa shape index (κ1) is 18.4. The molecule has 0 saturated carbocycles. The molecule has 3 unspecified atom stereocenters. The van der Waals surface area contributed by atoms with E-state index in [0.717, 1.165) is 5.56 Å². The Bertz CT molecular complexity index is 790. The van der Waals surface area contributed by atoms with Crippen LogP contribution in [0.3, 0.4) is 0 Å². The molecular weight excluding hydrogens is 356 g/mol. The van der Waals surface area contributed by atoms with Gasteiger partial charge in [0.25, 0.3) is 0 Å². The molecule has 1 N–H and O–H groups in total. The number of hydrogen-bond acceptors (Lipinski definition) is 5. The van der Waals surface area contributed by atoms with Crippen LogP contribution in [0.15, 0.2) is 54.6 Å². The molecule has 0 spiro atoms. The third-order valence-corrected chi connectivity index (χ3v) is 5.04. The van der Waals surface area contributed by atoms with E-state index in [1.54, 1.807) is 54.6 Å². The normalized spacial score (nSPS) is 21.7. The van der Waals surface area contributed by atoms with Gasteiger partial charge in [0.05, 0.1) is 20.1 Å². The summed E-state index contributed by atoms with van der Waals surface area (Å²) in [5.74, 6) is -2.49. The molecule has 0 aromatic heterocycles. The molecule has 2 aromatic rings. The summed E-state index contributed by atoms with van der Waals surface area (Å²) < 4.78 is 10.0. The highest BCUT2D eigenvalue weighted by molar-refractivity contribution is 6.30. The lowest BCUT2D eigenvalue weighted by Gasteiger charge is -2.34. The van der Waals surface area contributed by atoms with Crippen LogP contribution in [0.25, 0.3) is 0 Å². The highest BCUT2D eigenvalue weighted by Gasteiger charge is 2.53. The average Bonchev–Trinajstić information content (AvgIpc) is 3.05. The molecule has 1 fully saturated rings. The lowest BCUT2D eigenvalue weighted by Crippen LogP contribution is -2.42. The summed E-state index contributed by atoms with van der Waals surface area (Å²) in [4.78, 5) is 24.6. The Balaban J connectivity index is 2.06. The Kier molecular flexibility index (Phi) is 5.30. The summed E-state index contributed by atoms with van der Waals surface area (Å²) in [7, 11) is 1.25. The van der Waals surface area contributed by atoms with Crippen LogP contribution in [-0.2, 0) is 24.7 Å². The van der Waals surface area contributed by atoms with Crippen LogP contribution in [0.5, 0.6) is 0 Å². The standard InChI is InChI=1S/C20H19ClO5/c1-25-17(22)11-20(24,14-5-3-2-4-6-14)18-16(12-26-19(18)23)13-7-9-15(21)10-8-13/h2-10,16,18,24H,11-12H2,1H3. The Labute approximate surface area is 156 Å². The zero-order valence-electron chi connectivity index (χ0n) is 14.2. The quantitative estimate of drug-likeness (QED) is 0.814. The number of carbonyl (C=O) groups excluding carboxylic acids is 2. The van der Waals surface area contributed by atoms with Crippen molar-refractivity contribution in [2.45, 2.75) is 17.9 Å². The molecule has 1 saturated heterocycles. The fourth-order valence-electron chi connectivity index (χ4n) is 3.46. The minimum Gasteiger partial charge on any atom is -0.469 e. The number of methoxy groups -OCH3 is 1. The summed E-state index contributed by atoms with van der Waals surface area (Å²) in [6.45, 7) is 0.126. The second kappa shape index (κ2) is 7.48. The van der Waals surface area contributed by atoms with Crippen molar-refractivity contribution in [1.29, 1.82) is 0 Å². The third-order valence-electron chi connectivity index (χ3n) is 4.79. The topological polar surface area (TPSA) is 72.8 Å². The summed E-state index contributed by atoms with van der Waals surface area (Å²) in [6.07, 6.45) is -0.350. The van der Waals surface area contributed by atoms with Gasteiger partial charge >= 0.3 is 11.9 Å². The smallest absolute Gasteiger partial charge is 0.313 e. The minimum atomic E-state index is -1.74. The summed E-state index contributed by atoms with van der Waals surface area (Å²) in [6, 6.07) is 15.7. The summed E-state index contributed by atoms with van der Waals surface area (Å²) in [5.41, 5.74) is -0.468. The second-order valence-electron chi connectivity index (χ2n) is 6.31. The molecule has 6 heteroatoms. The van der Waals surface area contributed by atoms with E-state index < -0.39 is 29.4 Å². The van der Waals surface area contributed by atoms with E-state index >= 15 is 0 Å². The van der Waals surface area contributed by atoms with E-state index in [1.165, 1.54) is 7.11 Å². The van der Waals surface area contributed by atoms with Gasteiger partial charge in [0.2, 0.25) is 0 Å². The molecule has 0 aliphatic carbocycles. The number of halogens is 1. The number of aliphatic hydroxyl groups is 1. The Morgan fingerprint density at radius 2 is 1.88 bits per heavy atom. The molecule has 1 aliphatic rings. The molecule has 136 valence electrons. The number of ether oxygens (including phenoxy) is 2. The number of hydrogen-bond donors (Lipinski definition) is 1. The molecule has 3 atom stereocenters. The first-order valence-corrected chi connectivity index (χ1v) is 8.60. The van der Waals surface area contributed by atoms with Crippen LogP contribution in [0.4, 0.5) is 0 Å². The molecule has 0 bridgehead atoms. The molecule has 26 heavy (non-hydrogen) atoms. The van der Waals surface area contributed by atoms with Gasteiger partial charge in [-0.25, -0.2) is 0 Å². The van der Waals surface area contributed by atoms with E-state index in [9.17, 15) is 14.7 Å². The molecule has 5 nitrogen and oxygen atoms in total. The maximum atomic E-state index is 12.6. The maximum Gasteiger partial charge on any atom is 0.313 e. The predicted octanol–water partition coefficient (Wildman–Crippen LogP) is 3.05. The minimum absolute atomic E-state index is 0.126. The summed E-state index contributed by atoms with van der Waals surface area (Å²) in [5, 5.41) is 12.1. The molecule has 2 aromatic carbocycles. The molecule has 0 radical (unpaired) electrons. The monoisotopic (exact) mass is 374 g/mol. The first-order chi connectivity index (χ1) is 12.5. The molecule has 1 heterocycles. The van der Waals surface area contributed by atoms with Crippen molar-refractivity contribution in [3.8, 4) is 0 Å². The van der Waals surface area contributed by atoms with Crippen LogP contribution in [0.1, 0.15) is 23.5 Å². The first-order valence-electron chi connectivity index (χ1n) is 8.22. The molecule has 0 amide bonds.